The van der Waals surface area contributed by atoms with Gasteiger partial charge in [-0.05, 0) is 52.0 Å². The van der Waals surface area contributed by atoms with E-state index in [0.29, 0.717) is 5.92 Å². The van der Waals surface area contributed by atoms with Gasteiger partial charge < -0.3 is 0 Å². The average Bonchev–Trinajstić information content (AvgIpc) is 2.88. The lowest BCUT2D eigenvalue weighted by atomic mass is 9.99. The molecule has 1 saturated heterocycles. The molecule has 1 aliphatic rings. The zero-order chi connectivity index (χ0) is 13.1. The molecule has 2 aromatic rings. The van der Waals surface area contributed by atoms with Crippen LogP contribution >= 0.6 is 15.9 Å². The molecule has 0 saturated carbocycles. The van der Waals surface area contributed by atoms with Gasteiger partial charge in [-0.15, -0.1) is 0 Å². The average molecular weight is 317 g/mol. The summed E-state index contributed by atoms with van der Waals surface area (Å²) in [7, 11) is 0. The monoisotopic (exact) mass is 316 g/mol. The van der Waals surface area contributed by atoms with Crippen molar-refractivity contribution in [2.24, 2.45) is 0 Å². The molecular weight excluding hydrogens is 300 g/mol. The highest BCUT2D eigenvalue weighted by Gasteiger charge is 2.23. The summed E-state index contributed by atoms with van der Waals surface area (Å²) in [5.41, 5.74) is 2.75. The number of benzene rings is 1. The van der Waals surface area contributed by atoms with Gasteiger partial charge in [-0.25, -0.2) is 0 Å². The van der Waals surface area contributed by atoms with Gasteiger partial charge in [0.1, 0.15) is 0 Å². The summed E-state index contributed by atoms with van der Waals surface area (Å²) in [6.07, 6.45) is 5.05. The molecule has 2 nitrogen and oxygen atoms in total. The molecule has 98 valence electrons. The summed E-state index contributed by atoms with van der Waals surface area (Å²) in [6.45, 7) is 3.32. The molecule has 0 radical (unpaired) electrons. The SMILES string of the molecule is Brc1cncc(CN2CCC(c3ccccc3)C2)c1. The van der Waals surface area contributed by atoms with Gasteiger partial charge in [0, 0.05) is 30.0 Å². The van der Waals surface area contributed by atoms with Gasteiger partial charge in [-0.1, -0.05) is 30.3 Å². The fourth-order valence-electron chi connectivity index (χ4n) is 2.77. The number of nitrogens with zero attached hydrogens (tertiary/aromatic N) is 2. The van der Waals surface area contributed by atoms with Crippen LogP contribution in [0.2, 0.25) is 0 Å². The molecule has 0 spiro atoms. The molecule has 1 atom stereocenters. The lowest BCUT2D eigenvalue weighted by Gasteiger charge is -2.16. The molecule has 0 aliphatic carbocycles. The van der Waals surface area contributed by atoms with E-state index >= 15 is 0 Å². The fourth-order valence-corrected chi connectivity index (χ4v) is 3.19. The highest BCUT2D eigenvalue weighted by molar-refractivity contribution is 9.10. The molecule has 2 heterocycles. The van der Waals surface area contributed by atoms with E-state index in [-0.39, 0.29) is 0 Å². The topological polar surface area (TPSA) is 16.1 Å². The molecule has 3 rings (SSSR count). The first-order chi connectivity index (χ1) is 9.31. The number of likely N-dealkylation sites (tertiary alicyclic amines) is 1. The minimum Gasteiger partial charge on any atom is -0.298 e. The van der Waals surface area contributed by atoms with Crippen molar-refractivity contribution < 1.29 is 0 Å². The van der Waals surface area contributed by atoms with Crippen molar-refractivity contribution in [3.8, 4) is 0 Å². The van der Waals surface area contributed by atoms with Gasteiger partial charge >= 0.3 is 0 Å². The smallest absolute Gasteiger partial charge is 0.0410 e. The number of hydrogen-bond acceptors (Lipinski definition) is 2. The zero-order valence-corrected chi connectivity index (χ0v) is 12.4. The van der Waals surface area contributed by atoms with Crippen molar-refractivity contribution in [1.29, 1.82) is 0 Å². The van der Waals surface area contributed by atoms with E-state index in [1.165, 1.54) is 24.1 Å². The number of pyridine rings is 1. The molecule has 1 aromatic carbocycles. The molecule has 3 heteroatoms. The first kappa shape index (κ1) is 12.8. The van der Waals surface area contributed by atoms with E-state index < -0.39 is 0 Å². The van der Waals surface area contributed by atoms with E-state index in [1.54, 1.807) is 0 Å². The number of rotatable bonds is 3. The second-order valence-electron chi connectivity index (χ2n) is 5.14. The van der Waals surface area contributed by atoms with Crippen LogP contribution in [0.25, 0.3) is 0 Å². The zero-order valence-electron chi connectivity index (χ0n) is 10.8. The highest BCUT2D eigenvalue weighted by Crippen LogP contribution is 2.28. The Morgan fingerprint density at radius 1 is 1.21 bits per heavy atom. The van der Waals surface area contributed by atoms with Crippen LogP contribution in [0.3, 0.4) is 0 Å². The normalized spacial score (nSPS) is 19.7. The Hall–Kier alpha value is -1.19. The van der Waals surface area contributed by atoms with Crippen LogP contribution in [0, 0.1) is 0 Å². The first-order valence-corrected chi connectivity index (χ1v) is 7.47. The van der Waals surface area contributed by atoms with E-state index in [0.717, 1.165) is 17.6 Å². The summed E-state index contributed by atoms with van der Waals surface area (Å²) < 4.78 is 1.06. The lowest BCUT2D eigenvalue weighted by molar-refractivity contribution is 0.326. The number of halogens is 1. The molecule has 0 N–H and O–H groups in total. The number of aromatic nitrogens is 1. The Labute approximate surface area is 122 Å². The Bertz CT molecular complexity index is 541. The molecule has 0 amide bonds. The second kappa shape index (κ2) is 5.85. The van der Waals surface area contributed by atoms with Crippen molar-refractivity contribution in [3.63, 3.8) is 0 Å². The summed E-state index contributed by atoms with van der Waals surface area (Å²) in [5.74, 6) is 0.682. The van der Waals surface area contributed by atoms with Crippen molar-refractivity contribution in [1.82, 2.24) is 9.88 Å². The van der Waals surface area contributed by atoms with Crippen LogP contribution in [0.15, 0.2) is 53.3 Å². The van der Waals surface area contributed by atoms with Crippen LogP contribution in [-0.4, -0.2) is 23.0 Å². The summed E-state index contributed by atoms with van der Waals surface area (Å²) >= 11 is 3.48. The minimum absolute atomic E-state index is 0.682. The van der Waals surface area contributed by atoms with E-state index in [2.05, 4.69) is 62.2 Å². The van der Waals surface area contributed by atoms with Crippen molar-refractivity contribution in [2.45, 2.75) is 18.9 Å². The van der Waals surface area contributed by atoms with Gasteiger partial charge in [0.05, 0.1) is 0 Å². The minimum atomic E-state index is 0.682. The van der Waals surface area contributed by atoms with E-state index in [4.69, 9.17) is 0 Å². The van der Waals surface area contributed by atoms with Gasteiger partial charge in [-0.3, -0.25) is 9.88 Å². The summed E-state index contributed by atoms with van der Waals surface area (Å²) in [6, 6.07) is 13.0. The van der Waals surface area contributed by atoms with Crippen LogP contribution in [-0.2, 0) is 6.54 Å². The highest BCUT2D eigenvalue weighted by atomic mass is 79.9. The van der Waals surface area contributed by atoms with Gasteiger partial charge in [0.2, 0.25) is 0 Å². The van der Waals surface area contributed by atoms with Gasteiger partial charge in [0.15, 0.2) is 0 Å². The summed E-state index contributed by atoms with van der Waals surface area (Å²) in [4.78, 5) is 6.74. The second-order valence-corrected chi connectivity index (χ2v) is 6.06. The first-order valence-electron chi connectivity index (χ1n) is 6.68. The predicted octanol–water partition coefficient (Wildman–Crippen LogP) is 3.83. The molecule has 1 fully saturated rings. The van der Waals surface area contributed by atoms with Gasteiger partial charge in [-0.2, -0.15) is 0 Å². The Kier molecular flexibility index (Phi) is 3.95. The molecule has 0 bridgehead atoms. The van der Waals surface area contributed by atoms with Gasteiger partial charge in [0.25, 0.3) is 0 Å². The molecule has 19 heavy (non-hydrogen) atoms. The van der Waals surface area contributed by atoms with E-state index in [9.17, 15) is 0 Å². The van der Waals surface area contributed by atoms with Crippen LogP contribution in [0.5, 0.6) is 0 Å². The largest absolute Gasteiger partial charge is 0.298 e. The van der Waals surface area contributed by atoms with Crippen LogP contribution < -0.4 is 0 Å². The Balaban J connectivity index is 1.63. The molecular formula is C16H17BrN2. The third-order valence-electron chi connectivity index (χ3n) is 3.71. The van der Waals surface area contributed by atoms with Crippen molar-refractivity contribution >= 4 is 15.9 Å². The summed E-state index contributed by atoms with van der Waals surface area (Å²) in [5, 5.41) is 0. The predicted molar refractivity (Wildman–Crippen MR) is 81.0 cm³/mol. The Morgan fingerprint density at radius 2 is 2.05 bits per heavy atom. The van der Waals surface area contributed by atoms with Crippen LogP contribution in [0.4, 0.5) is 0 Å². The van der Waals surface area contributed by atoms with Crippen molar-refractivity contribution in [3.05, 3.63) is 64.4 Å². The van der Waals surface area contributed by atoms with Crippen molar-refractivity contribution in [2.75, 3.05) is 13.1 Å². The van der Waals surface area contributed by atoms with E-state index in [1.807, 2.05) is 12.4 Å². The maximum Gasteiger partial charge on any atom is 0.0410 e. The standard InChI is InChI=1S/C16H17BrN2/c17-16-8-13(9-18-10-16)11-19-7-6-15(12-19)14-4-2-1-3-5-14/h1-5,8-10,15H,6-7,11-12H2. The molecule has 1 unspecified atom stereocenters. The maximum atomic E-state index is 4.23. The Morgan fingerprint density at radius 3 is 2.84 bits per heavy atom. The lowest BCUT2D eigenvalue weighted by Crippen LogP contribution is -2.19. The van der Waals surface area contributed by atoms with Crippen LogP contribution in [0.1, 0.15) is 23.5 Å². The molecule has 1 aromatic heterocycles. The third kappa shape index (κ3) is 3.23. The number of hydrogen-bond donors (Lipinski definition) is 0. The fraction of sp³-hybridized carbons (Fsp3) is 0.312. The molecule has 1 aliphatic heterocycles. The quantitative estimate of drug-likeness (QED) is 0.855. The maximum absolute atomic E-state index is 4.23. The third-order valence-corrected chi connectivity index (χ3v) is 4.14.